The molecular weight excluding hydrogens is 497 g/mol. The topological polar surface area (TPSA) is 53.7 Å². The molecule has 0 amide bonds. The van der Waals surface area contributed by atoms with Gasteiger partial charge in [-0.2, -0.15) is 11.8 Å². The van der Waals surface area contributed by atoms with Crippen molar-refractivity contribution >= 4 is 17.5 Å². The summed E-state index contributed by atoms with van der Waals surface area (Å²) in [5, 5.41) is 10.1. The van der Waals surface area contributed by atoms with Crippen molar-refractivity contribution in [2.45, 2.75) is 82.6 Å². The first kappa shape index (κ1) is 27.8. The molecule has 3 aliphatic rings. The fourth-order valence-corrected chi connectivity index (χ4v) is 8.76. The molecule has 0 radical (unpaired) electrons. The molecule has 38 heavy (non-hydrogen) atoms. The van der Waals surface area contributed by atoms with E-state index in [1.54, 1.807) is 12.3 Å². The minimum absolute atomic E-state index is 0.134. The number of thioether (sulfide) groups is 1. The largest absolute Gasteiger partial charge is 0.508 e. The number of unbranched alkanes of at least 4 members (excludes halogenated alkanes) is 2. The van der Waals surface area contributed by atoms with Gasteiger partial charge in [-0.05, 0) is 118 Å². The van der Waals surface area contributed by atoms with Crippen molar-refractivity contribution in [2.75, 3.05) is 25.9 Å². The summed E-state index contributed by atoms with van der Waals surface area (Å²) in [4.78, 5) is 15.3. The first-order valence-electron chi connectivity index (χ1n) is 14.6. The summed E-state index contributed by atoms with van der Waals surface area (Å²) >= 11 is 1.93. The molecule has 3 aliphatic carbocycles. The zero-order chi connectivity index (χ0) is 26.7. The van der Waals surface area contributed by atoms with Crippen molar-refractivity contribution in [1.82, 2.24) is 4.90 Å². The Bertz CT molecular complexity index is 1070. The van der Waals surface area contributed by atoms with E-state index < -0.39 is 11.6 Å². The predicted octanol–water partition coefficient (Wildman–Crippen LogP) is 7.40. The normalized spacial score (nSPS) is 30.3. The van der Waals surface area contributed by atoms with Gasteiger partial charge in [0.25, 0.3) is 0 Å². The number of fused-ring (bicyclic) bond motifs is 5. The third kappa shape index (κ3) is 5.86. The molecule has 0 saturated heterocycles. The van der Waals surface area contributed by atoms with Crippen LogP contribution >= 0.6 is 11.8 Å². The SMILES string of the molecule is CN(CCCCC[C@@H]1Cc2cc(O)ccc2[C@@H]2[C@@H]1[C@@H]1CCC(=O)[C@@]1(C)C[C@@H]2F)CCCSCc1ccco1. The van der Waals surface area contributed by atoms with Gasteiger partial charge in [0.15, 0.2) is 0 Å². The Morgan fingerprint density at radius 2 is 2.03 bits per heavy atom. The van der Waals surface area contributed by atoms with Gasteiger partial charge in [0.1, 0.15) is 23.5 Å². The van der Waals surface area contributed by atoms with Crippen LogP contribution in [0.2, 0.25) is 0 Å². The van der Waals surface area contributed by atoms with Crippen molar-refractivity contribution in [3.05, 3.63) is 53.5 Å². The third-order valence-corrected chi connectivity index (χ3v) is 10.9. The van der Waals surface area contributed by atoms with Crippen LogP contribution in [-0.4, -0.2) is 47.9 Å². The molecule has 2 fully saturated rings. The average molecular weight is 542 g/mol. The maximum absolute atomic E-state index is 15.9. The molecular formula is C32H44FNO3S. The van der Waals surface area contributed by atoms with Gasteiger partial charge in [0, 0.05) is 17.8 Å². The molecule has 1 aromatic carbocycles. The first-order valence-corrected chi connectivity index (χ1v) is 15.8. The lowest BCUT2D eigenvalue weighted by Crippen LogP contribution is -2.50. The Hall–Kier alpha value is -1.79. The molecule has 2 aromatic rings. The lowest BCUT2D eigenvalue weighted by molar-refractivity contribution is -0.132. The van der Waals surface area contributed by atoms with E-state index in [1.165, 1.54) is 19.3 Å². The van der Waals surface area contributed by atoms with Crippen LogP contribution < -0.4 is 0 Å². The molecule has 6 heteroatoms. The van der Waals surface area contributed by atoms with Crippen molar-refractivity contribution in [3.63, 3.8) is 0 Å². The highest BCUT2D eigenvalue weighted by atomic mass is 32.2. The van der Waals surface area contributed by atoms with E-state index in [0.717, 1.165) is 67.2 Å². The standard InChI is InChI=1S/C32H44FNO3S/c1-32-20-28(33)31-26-11-10-24(35)19-23(26)18-22(30(31)27(32)12-13-29(32)36)8-4-3-5-14-34(2)15-7-17-38-21-25-9-6-16-37-25/h6,9-11,16,19,22,27-28,30-31,35H,3-5,7-8,12-15,17-18,20-21H2,1-2H3/t22-,27+,28+,30+,31+,32+/m1/s1. The van der Waals surface area contributed by atoms with Gasteiger partial charge in [0.2, 0.25) is 0 Å². The second-order valence-corrected chi connectivity index (χ2v) is 13.4. The molecule has 1 heterocycles. The van der Waals surface area contributed by atoms with Crippen LogP contribution in [0.15, 0.2) is 41.0 Å². The van der Waals surface area contributed by atoms with Crippen LogP contribution in [0.25, 0.3) is 0 Å². The van der Waals surface area contributed by atoms with Gasteiger partial charge in [-0.1, -0.05) is 25.8 Å². The molecule has 0 bridgehead atoms. The number of alkyl halides is 1. The molecule has 6 atom stereocenters. The lowest BCUT2D eigenvalue weighted by Gasteiger charge is -2.53. The molecule has 2 saturated carbocycles. The molecule has 1 N–H and O–H groups in total. The summed E-state index contributed by atoms with van der Waals surface area (Å²) in [5.41, 5.74) is 1.71. The molecule has 0 aliphatic heterocycles. The van der Waals surface area contributed by atoms with Gasteiger partial charge in [-0.25, -0.2) is 4.39 Å². The minimum Gasteiger partial charge on any atom is -0.508 e. The average Bonchev–Trinajstić information content (AvgIpc) is 3.51. The van der Waals surface area contributed by atoms with Crippen molar-refractivity contribution in [3.8, 4) is 5.75 Å². The number of Topliss-reactive ketones (excluding diaryl/α,β-unsaturated/α-hetero) is 1. The zero-order valence-electron chi connectivity index (χ0n) is 23.0. The third-order valence-electron chi connectivity index (χ3n) is 9.81. The Morgan fingerprint density at radius 1 is 1.18 bits per heavy atom. The Morgan fingerprint density at radius 3 is 2.84 bits per heavy atom. The molecule has 208 valence electrons. The monoisotopic (exact) mass is 541 g/mol. The fraction of sp³-hybridized carbons (Fsp3) is 0.656. The second kappa shape index (κ2) is 12.2. The molecule has 5 rings (SSSR count). The summed E-state index contributed by atoms with van der Waals surface area (Å²) in [6.07, 6.45) is 9.30. The highest BCUT2D eigenvalue weighted by Crippen LogP contribution is 2.62. The number of phenols is 1. The number of halogens is 1. The maximum atomic E-state index is 15.9. The number of carbonyl (C=O) groups excluding carboxylic acids is 1. The van der Waals surface area contributed by atoms with Crippen LogP contribution in [0.5, 0.6) is 5.75 Å². The summed E-state index contributed by atoms with van der Waals surface area (Å²) in [6.45, 7) is 4.27. The molecule has 4 nitrogen and oxygen atoms in total. The number of hydrogen-bond donors (Lipinski definition) is 1. The Labute approximate surface area is 231 Å². The smallest absolute Gasteiger partial charge is 0.139 e. The maximum Gasteiger partial charge on any atom is 0.139 e. The Kier molecular flexibility index (Phi) is 8.89. The van der Waals surface area contributed by atoms with Crippen molar-refractivity contribution in [1.29, 1.82) is 0 Å². The fourth-order valence-electron chi connectivity index (χ4n) is 7.92. The van der Waals surface area contributed by atoms with Gasteiger partial charge < -0.3 is 14.4 Å². The number of carbonyl (C=O) groups is 1. The number of nitrogens with zero attached hydrogens (tertiary/aromatic N) is 1. The van der Waals surface area contributed by atoms with E-state index in [2.05, 4.69) is 11.9 Å². The highest BCUT2D eigenvalue weighted by molar-refractivity contribution is 7.98. The summed E-state index contributed by atoms with van der Waals surface area (Å²) in [6, 6.07) is 9.51. The first-order chi connectivity index (χ1) is 18.4. The number of rotatable bonds is 12. The van der Waals surface area contributed by atoms with Gasteiger partial charge in [-0.3, -0.25) is 4.79 Å². The van der Waals surface area contributed by atoms with Crippen LogP contribution in [0.4, 0.5) is 4.39 Å². The lowest BCUT2D eigenvalue weighted by atomic mass is 9.51. The quantitative estimate of drug-likeness (QED) is 0.284. The number of hydrogen-bond acceptors (Lipinski definition) is 5. The Balaban J connectivity index is 1.12. The number of phenolic OH excluding ortho intramolecular Hbond substituents is 1. The molecule has 0 spiro atoms. The van der Waals surface area contributed by atoms with E-state index >= 15 is 4.39 Å². The number of furan rings is 1. The van der Waals surface area contributed by atoms with Crippen LogP contribution in [-0.2, 0) is 17.0 Å². The summed E-state index contributed by atoms with van der Waals surface area (Å²) in [7, 11) is 2.22. The van der Waals surface area contributed by atoms with E-state index in [-0.39, 0.29) is 29.3 Å². The molecule has 1 aromatic heterocycles. The highest BCUT2D eigenvalue weighted by Gasteiger charge is 2.60. The van der Waals surface area contributed by atoms with Gasteiger partial charge in [-0.15, -0.1) is 0 Å². The van der Waals surface area contributed by atoms with Gasteiger partial charge >= 0.3 is 0 Å². The van der Waals surface area contributed by atoms with E-state index in [1.807, 2.05) is 43.0 Å². The van der Waals surface area contributed by atoms with Crippen LogP contribution in [0, 0.1) is 23.2 Å². The zero-order valence-corrected chi connectivity index (χ0v) is 23.9. The van der Waals surface area contributed by atoms with E-state index in [4.69, 9.17) is 4.42 Å². The molecule has 0 unspecified atom stereocenters. The van der Waals surface area contributed by atoms with Crippen molar-refractivity contribution in [2.24, 2.45) is 23.2 Å². The van der Waals surface area contributed by atoms with E-state index in [0.29, 0.717) is 18.8 Å². The predicted molar refractivity (Wildman–Crippen MR) is 152 cm³/mol. The van der Waals surface area contributed by atoms with E-state index in [9.17, 15) is 9.90 Å². The summed E-state index contributed by atoms with van der Waals surface area (Å²) < 4.78 is 21.2. The number of benzene rings is 1. The number of aromatic hydroxyl groups is 1. The van der Waals surface area contributed by atoms with Crippen molar-refractivity contribution < 1.29 is 18.7 Å². The van der Waals surface area contributed by atoms with Crippen LogP contribution in [0.1, 0.15) is 81.1 Å². The summed E-state index contributed by atoms with van der Waals surface area (Å²) in [5.74, 6) is 4.46. The van der Waals surface area contributed by atoms with Gasteiger partial charge in [0.05, 0.1) is 12.0 Å². The van der Waals surface area contributed by atoms with Crippen LogP contribution in [0.3, 0.4) is 0 Å². The second-order valence-electron chi connectivity index (χ2n) is 12.3. The number of ketones is 1. The minimum atomic E-state index is -0.986.